The van der Waals surface area contributed by atoms with Gasteiger partial charge in [-0.1, -0.05) is 55.8 Å². The first-order valence-electron chi connectivity index (χ1n) is 11.9. The number of hydrogen-bond donors (Lipinski definition) is 1. The molecule has 172 valence electrons. The van der Waals surface area contributed by atoms with Gasteiger partial charge in [-0.25, -0.2) is 4.98 Å². The lowest BCUT2D eigenvalue weighted by Crippen LogP contribution is -2.48. The van der Waals surface area contributed by atoms with Crippen LogP contribution in [-0.2, 0) is 12.1 Å². The third-order valence-electron chi connectivity index (χ3n) is 7.08. The van der Waals surface area contributed by atoms with Crippen molar-refractivity contribution in [3.63, 3.8) is 0 Å². The van der Waals surface area contributed by atoms with Gasteiger partial charge >= 0.3 is 0 Å². The Kier molecular flexibility index (Phi) is 7.08. The summed E-state index contributed by atoms with van der Waals surface area (Å²) in [6, 6.07) is 16.5. The summed E-state index contributed by atoms with van der Waals surface area (Å²) in [6.07, 6.45) is 1.99. The van der Waals surface area contributed by atoms with E-state index >= 15 is 0 Å². The van der Waals surface area contributed by atoms with Crippen LogP contribution in [0.2, 0.25) is 5.02 Å². The first-order chi connectivity index (χ1) is 15.4. The standard InChI is InChI=1S/C26H36ClN5/c1-4-32-24-13-8-7-12-23(24)29-25(32)31-18-16-30(17-19-31)15-9-14-26(28,20(2)3)21-10-5-6-11-22(21)27/h5-8,10-13,20H,4,9,14-19,28H2,1-3H3. The van der Waals surface area contributed by atoms with Crippen LogP contribution in [0.4, 0.5) is 5.95 Å². The van der Waals surface area contributed by atoms with Crippen LogP contribution in [0, 0.1) is 5.92 Å². The molecule has 1 aliphatic heterocycles. The van der Waals surface area contributed by atoms with Crippen LogP contribution < -0.4 is 10.6 Å². The zero-order chi connectivity index (χ0) is 22.7. The molecule has 6 heteroatoms. The molecule has 2 N–H and O–H groups in total. The second-order valence-electron chi connectivity index (χ2n) is 9.25. The van der Waals surface area contributed by atoms with E-state index in [4.69, 9.17) is 22.3 Å². The molecule has 1 aromatic heterocycles. The first kappa shape index (κ1) is 23.1. The van der Waals surface area contributed by atoms with Gasteiger partial charge in [0.05, 0.1) is 11.0 Å². The Morgan fingerprint density at radius 3 is 2.41 bits per heavy atom. The van der Waals surface area contributed by atoms with Gasteiger partial charge < -0.3 is 15.2 Å². The van der Waals surface area contributed by atoms with Crippen molar-refractivity contribution in [2.45, 2.75) is 45.7 Å². The molecule has 0 amide bonds. The number of rotatable bonds is 8. The Labute approximate surface area is 197 Å². The second kappa shape index (κ2) is 9.82. The van der Waals surface area contributed by atoms with Crippen molar-refractivity contribution in [2.75, 3.05) is 37.6 Å². The van der Waals surface area contributed by atoms with E-state index in [-0.39, 0.29) is 0 Å². The van der Waals surface area contributed by atoms with E-state index in [9.17, 15) is 0 Å². The van der Waals surface area contributed by atoms with Crippen molar-refractivity contribution >= 4 is 28.6 Å². The highest BCUT2D eigenvalue weighted by molar-refractivity contribution is 6.31. The van der Waals surface area contributed by atoms with Crippen LogP contribution in [0.5, 0.6) is 0 Å². The number of piperazine rings is 1. The second-order valence-corrected chi connectivity index (χ2v) is 9.66. The smallest absolute Gasteiger partial charge is 0.206 e. The van der Waals surface area contributed by atoms with Gasteiger partial charge in [0.1, 0.15) is 0 Å². The molecule has 2 aromatic carbocycles. The minimum Gasteiger partial charge on any atom is -0.340 e. The number of benzene rings is 2. The number of para-hydroxylation sites is 2. The van der Waals surface area contributed by atoms with Gasteiger partial charge in [0.2, 0.25) is 5.95 Å². The molecule has 1 saturated heterocycles. The number of fused-ring (bicyclic) bond motifs is 1. The molecule has 1 atom stereocenters. The summed E-state index contributed by atoms with van der Waals surface area (Å²) in [7, 11) is 0. The van der Waals surface area contributed by atoms with Gasteiger partial charge in [-0.2, -0.15) is 0 Å². The van der Waals surface area contributed by atoms with Gasteiger partial charge in [-0.15, -0.1) is 0 Å². The number of hydrogen-bond acceptors (Lipinski definition) is 4. The van der Waals surface area contributed by atoms with Crippen LogP contribution in [-0.4, -0.2) is 47.2 Å². The number of nitrogens with zero attached hydrogens (tertiary/aromatic N) is 4. The van der Waals surface area contributed by atoms with Crippen molar-refractivity contribution < 1.29 is 0 Å². The molecule has 1 aliphatic rings. The topological polar surface area (TPSA) is 50.3 Å². The molecule has 1 fully saturated rings. The Morgan fingerprint density at radius 2 is 1.72 bits per heavy atom. The fourth-order valence-corrected chi connectivity index (χ4v) is 5.27. The maximum Gasteiger partial charge on any atom is 0.206 e. The van der Waals surface area contributed by atoms with Gasteiger partial charge in [-0.05, 0) is 56.0 Å². The third-order valence-corrected chi connectivity index (χ3v) is 7.41. The average Bonchev–Trinajstić information content (AvgIpc) is 3.18. The number of aryl methyl sites for hydroxylation is 1. The first-order valence-corrected chi connectivity index (χ1v) is 12.3. The minimum absolute atomic E-state index is 0.321. The lowest BCUT2D eigenvalue weighted by molar-refractivity contribution is 0.223. The summed E-state index contributed by atoms with van der Waals surface area (Å²) in [6.45, 7) is 12.7. The van der Waals surface area contributed by atoms with Crippen molar-refractivity contribution in [2.24, 2.45) is 11.7 Å². The van der Waals surface area contributed by atoms with Crippen molar-refractivity contribution in [3.05, 3.63) is 59.1 Å². The number of aromatic nitrogens is 2. The highest BCUT2D eigenvalue weighted by Crippen LogP contribution is 2.36. The Hall–Kier alpha value is -2.08. The van der Waals surface area contributed by atoms with E-state index in [0.29, 0.717) is 5.92 Å². The number of imidazole rings is 1. The summed E-state index contributed by atoms with van der Waals surface area (Å²) in [5.41, 5.74) is 9.90. The number of halogens is 1. The van der Waals surface area contributed by atoms with Gasteiger partial charge in [0, 0.05) is 43.3 Å². The number of anilines is 1. The summed E-state index contributed by atoms with van der Waals surface area (Å²) in [4.78, 5) is 9.92. The summed E-state index contributed by atoms with van der Waals surface area (Å²) in [5, 5.41) is 0.774. The summed E-state index contributed by atoms with van der Waals surface area (Å²) < 4.78 is 2.33. The fourth-order valence-electron chi connectivity index (χ4n) is 4.96. The predicted molar refractivity (Wildman–Crippen MR) is 135 cm³/mol. The molecule has 4 rings (SSSR count). The highest BCUT2D eigenvalue weighted by Gasteiger charge is 2.33. The molecule has 3 aromatic rings. The number of nitrogens with two attached hydrogens (primary N) is 1. The molecule has 0 bridgehead atoms. The Bertz CT molecular complexity index is 1040. The highest BCUT2D eigenvalue weighted by atomic mass is 35.5. The molecular formula is C26H36ClN5. The summed E-state index contributed by atoms with van der Waals surface area (Å²) in [5.74, 6) is 1.43. The molecular weight excluding hydrogens is 418 g/mol. The SMILES string of the molecule is CCn1c(N2CCN(CCCC(N)(c3ccccc3Cl)C(C)C)CC2)nc2ccccc21. The molecule has 5 nitrogen and oxygen atoms in total. The normalized spacial score (nSPS) is 17.2. The average molecular weight is 454 g/mol. The fraction of sp³-hybridized carbons (Fsp3) is 0.500. The minimum atomic E-state index is -0.397. The van der Waals surface area contributed by atoms with E-state index < -0.39 is 5.54 Å². The third kappa shape index (κ3) is 4.52. The molecule has 0 saturated carbocycles. The Morgan fingerprint density at radius 1 is 1.03 bits per heavy atom. The molecule has 1 unspecified atom stereocenters. The van der Waals surface area contributed by atoms with Gasteiger partial charge in [-0.3, -0.25) is 4.90 Å². The van der Waals surface area contributed by atoms with Crippen LogP contribution >= 0.6 is 11.6 Å². The molecule has 32 heavy (non-hydrogen) atoms. The van der Waals surface area contributed by atoms with Crippen molar-refractivity contribution in [1.82, 2.24) is 14.5 Å². The van der Waals surface area contributed by atoms with E-state index in [2.05, 4.69) is 65.5 Å². The molecule has 0 aliphatic carbocycles. The van der Waals surface area contributed by atoms with Crippen molar-refractivity contribution in [1.29, 1.82) is 0 Å². The van der Waals surface area contributed by atoms with Gasteiger partial charge in [0.15, 0.2) is 0 Å². The van der Waals surface area contributed by atoms with E-state index in [1.54, 1.807) is 0 Å². The van der Waals surface area contributed by atoms with E-state index in [1.165, 1.54) is 5.52 Å². The Balaban J connectivity index is 1.35. The molecule has 0 radical (unpaired) electrons. The van der Waals surface area contributed by atoms with Crippen LogP contribution in [0.25, 0.3) is 11.0 Å². The van der Waals surface area contributed by atoms with E-state index in [0.717, 1.165) is 74.2 Å². The lowest BCUT2D eigenvalue weighted by atomic mass is 9.77. The van der Waals surface area contributed by atoms with Gasteiger partial charge in [0.25, 0.3) is 0 Å². The maximum absolute atomic E-state index is 6.92. The van der Waals surface area contributed by atoms with Crippen LogP contribution in [0.1, 0.15) is 39.2 Å². The summed E-state index contributed by atoms with van der Waals surface area (Å²) >= 11 is 6.50. The zero-order valence-corrected chi connectivity index (χ0v) is 20.4. The lowest BCUT2D eigenvalue weighted by Gasteiger charge is -2.38. The largest absolute Gasteiger partial charge is 0.340 e. The molecule has 0 spiro atoms. The van der Waals surface area contributed by atoms with Crippen LogP contribution in [0.15, 0.2) is 48.5 Å². The van der Waals surface area contributed by atoms with Crippen LogP contribution in [0.3, 0.4) is 0 Å². The zero-order valence-electron chi connectivity index (χ0n) is 19.6. The monoisotopic (exact) mass is 453 g/mol. The molecule has 2 heterocycles. The maximum atomic E-state index is 6.92. The predicted octanol–water partition coefficient (Wildman–Crippen LogP) is 5.12. The van der Waals surface area contributed by atoms with Crippen molar-refractivity contribution in [3.8, 4) is 0 Å². The van der Waals surface area contributed by atoms with E-state index in [1.807, 2.05) is 18.2 Å². The quantitative estimate of drug-likeness (QED) is 0.514.